The van der Waals surface area contributed by atoms with E-state index in [1.165, 1.54) is 6.07 Å². The lowest BCUT2D eigenvalue weighted by molar-refractivity contribution is -0.137. The van der Waals surface area contributed by atoms with Crippen molar-refractivity contribution < 1.29 is 14.6 Å². The fraction of sp³-hybridized carbons (Fsp3) is 0.571. The molecule has 1 N–H and O–H groups in total. The summed E-state index contributed by atoms with van der Waals surface area (Å²) in [6, 6.07) is 3.98. The summed E-state index contributed by atoms with van der Waals surface area (Å²) >= 11 is 0. The molecule has 0 aliphatic carbocycles. The number of benzene rings is 1. The molecule has 19 heavy (non-hydrogen) atoms. The highest BCUT2D eigenvalue weighted by Crippen LogP contribution is 2.42. The van der Waals surface area contributed by atoms with Crippen LogP contribution in [0.25, 0.3) is 0 Å². The normalized spacial score (nSPS) is 22.5. The van der Waals surface area contributed by atoms with E-state index < -0.39 is 11.7 Å². The average molecular weight is 274 g/mol. The number of hydrogen-bond acceptors (Lipinski definition) is 2. The van der Waals surface area contributed by atoms with Crippen molar-refractivity contribution in [2.45, 2.75) is 24.9 Å². The molecule has 2 nitrogen and oxygen atoms in total. The lowest BCUT2D eigenvalue weighted by Gasteiger charge is -2.26. The summed E-state index contributed by atoms with van der Waals surface area (Å²) in [5.41, 5.74) is 0.811. The molecule has 1 aromatic rings. The van der Waals surface area contributed by atoms with Crippen LogP contribution in [0.2, 0.25) is 0 Å². The van der Waals surface area contributed by atoms with Crippen LogP contribution < -0.4 is 5.32 Å². The van der Waals surface area contributed by atoms with Gasteiger partial charge in [0.1, 0.15) is 0 Å². The Morgan fingerprint density at radius 2 is 2.05 bits per heavy atom. The topological polar surface area (TPSA) is 15.3 Å². The van der Waals surface area contributed by atoms with Gasteiger partial charge in [-0.05, 0) is 50.8 Å². The van der Waals surface area contributed by atoms with Gasteiger partial charge in [0.2, 0.25) is 0 Å². The summed E-state index contributed by atoms with van der Waals surface area (Å²) < 4.78 is 38.4. The van der Waals surface area contributed by atoms with Crippen LogP contribution >= 0.6 is 0 Å². The van der Waals surface area contributed by atoms with Crippen LogP contribution in [-0.2, 0) is 11.6 Å². The lowest BCUT2D eigenvalue weighted by Crippen LogP contribution is -2.29. The zero-order valence-corrected chi connectivity index (χ0v) is 11.4. The molecule has 1 unspecified atom stereocenters. The van der Waals surface area contributed by atoms with Crippen LogP contribution in [0.5, 0.6) is 0 Å². The minimum absolute atomic E-state index is 0. The van der Waals surface area contributed by atoms with Gasteiger partial charge < -0.3 is 10.2 Å². The molecule has 2 rings (SSSR count). The van der Waals surface area contributed by atoms with E-state index in [4.69, 9.17) is 0 Å². The Morgan fingerprint density at radius 1 is 1.37 bits per heavy atom. The maximum Gasteiger partial charge on any atom is 0.416 e. The summed E-state index contributed by atoms with van der Waals surface area (Å²) in [5, 5.41) is 3.21. The zero-order valence-electron chi connectivity index (χ0n) is 11.4. The van der Waals surface area contributed by atoms with E-state index in [9.17, 15) is 13.2 Å². The number of alkyl halides is 3. The number of halogens is 3. The van der Waals surface area contributed by atoms with Gasteiger partial charge in [0.05, 0.1) is 5.56 Å². The molecule has 1 aromatic carbocycles. The van der Waals surface area contributed by atoms with Gasteiger partial charge in [0.25, 0.3) is 0 Å². The summed E-state index contributed by atoms with van der Waals surface area (Å²) in [7, 11) is 3.94. The number of rotatable bonds is 3. The SMILES string of the molecule is CN(C)CCC1(C)CNc2ccc(C(F)(F)F)cc21.[HH]. The molecular formula is C14H21F3N2. The third-order valence-electron chi connectivity index (χ3n) is 3.78. The number of anilines is 1. The molecule has 1 aliphatic heterocycles. The Hall–Kier alpha value is -1.23. The van der Waals surface area contributed by atoms with Crippen LogP contribution in [0.15, 0.2) is 18.2 Å². The van der Waals surface area contributed by atoms with Crippen molar-refractivity contribution in [2.75, 3.05) is 32.5 Å². The molecule has 0 radical (unpaired) electrons. The molecule has 0 saturated heterocycles. The maximum atomic E-state index is 12.8. The van der Waals surface area contributed by atoms with Gasteiger partial charge in [-0.15, -0.1) is 0 Å². The van der Waals surface area contributed by atoms with E-state index >= 15 is 0 Å². The third-order valence-corrected chi connectivity index (χ3v) is 3.78. The highest BCUT2D eigenvalue weighted by molar-refractivity contribution is 5.61. The first-order valence-electron chi connectivity index (χ1n) is 6.33. The summed E-state index contributed by atoms with van der Waals surface area (Å²) in [6.07, 6.45) is -3.44. The molecule has 108 valence electrons. The highest BCUT2D eigenvalue weighted by atomic mass is 19.4. The van der Waals surface area contributed by atoms with Gasteiger partial charge >= 0.3 is 6.18 Å². The quantitative estimate of drug-likeness (QED) is 0.906. The van der Waals surface area contributed by atoms with Crippen molar-refractivity contribution in [3.05, 3.63) is 29.3 Å². The second-order valence-electron chi connectivity index (χ2n) is 5.73. The van der Waals surface area contributed by atoms with Gasteiger partial charge in [-0.1, -0.05) is 6.92 Å². The van der Waals surface area contributed by atoms with Crippen molar-refractivity contribution in [3.63, 3.8) is 0 Å². The predicted molar refractivity (Wildman–Crippen MR) is 72.6 cm³/mol. The number of fused-ring (bicyclic) bond motifs is 1. The molecule has 0 saturated carbocycles. The van der Waals surface area contributed by atoms with Gasteiger partial charge in [0.15, 0.2) is 0 Å². The molecule has 0 aromatic heterocycles. The minimum atomic E-state index is -4.28. The van der Waals surface area contributed by atoms with E-state index in [0.29, 0.717) is 6.54 Å². The van der Waals surface area contributed by atoms with Crippen LogP contribution in [0.3, 0.4) is 0 Å². The van der Waals surface area contributed by atoms with Gasteiger partial charge in [-0.25, -0.2) is 0 Å². The molecule has 1 heterocycles. The van der Waals surface area contributed by atoms with E-state index in [1.54, 1.807) is 6.07 Å². The molecule has 0 bridgehead atoms. The number of hydrogen-bond donors (Lipinski definition) is 1. The fourth-order valence-corrected chi connectivity index (χ4v) is 2.45. The maximum absolute atomic E-state index is 12.8. The first kappa shape index (κ1) is 14.2. The lowest BCUT2D eigenvalue weighted by atomic mass is 9.80. The van der Waals surface area contributed by atoms with Crippen LogP contribution in [-0.4, -0.2) is 32.1 Å². The average Bonchev–Trinajstić information content (AvgIpc) is 2.64. The van der Waals surface area contributed by atoms with Crippen LogP contribution in [0, 0.1) is 0 Å². The van der Waals surface area contributed by atoms with Gasteiger partial charge in [0, 0.05) is 19.1 Å². The Kier molecular flexibility index (Phi) is 3.51. The third kappa shape index (κ3) is 2.86. The number of nitrogens with zero attached hydrogens (tertiary/aromatic N) is 1. The van der Waals surface area contributed by atoms with Crippen LogP contribution in [0.4, 0.5) is 18.9 Å². The van der Waals surface area contributed by atoms with Crippen molar-refractivity contribution in [1.82, 2.24) is 4.90 Å². The standard InChI is InChI=1S/C14H19F3N2.H2/c1-13(6-7-19(2)3)9-18-12-5-4-10(8-11(12)13)14(15,16)17;/h4-5,8,18H,6-7,9H2,1-3H3;1H. The Balaban J connectivity index is 0.00000200. The summed E-state index contributed by atoms with van der Waals surface area (Å²) in [4.78, 5) is 2.05. The zero-order chi connectivity index (χ0) is 14.3. The van der Waals surface area contributed by atoms with Gasteiger partial charge in [-0.2, -0.15) is 13.2 Å². The molecule has 1 atom stereocenters. The molecule has 0 fully saturated rings. The second-order valence-corrected chi connectivity index (χ2v) is 5.73. The van der Waals surface area contributed by atoms with Crippen LogP contribution in [0.1, 0.15) is 25.9 Å². The van der Waals surface area contributed by atoms with E-state index in [1.807, 2.05) is 21.0 Å². The number of nitrogens with one attached hydrogen (secondary N) is 1. The molecular weight excluding hydrogens is 253 g/mol. The molecule has 5 heteroatoms. The molecule has 0 spiro atoms. The first-order chi connectivity index (χ1) is 8.72. The van der Waals surface area contributed by atoms with Gasteiger partial charge in [-0.3, -0.25) is 0 Å². The summed E-state index contributed by atoms with van der Waals surface area (Å²) in [6.45, 7) is 3.57. The van der Waals surface area contributed by atoms with E-state index in [-0.39, 0.29) is 6.84 Å². The van der Waals surface area contributed by atoms with Crippen molar-refractivity contribution in [2.24, 2.45) is 0 Å². The fourth-order valence-electron chi connectivity index (χ4n) is 2.45. The Morgan fingerprint density at radius 3 is 2.63 bits per heavy atom. The smallest absolute Gasteiger partial charge is 0.384 e. The first-order valence-corrected chi connectivity index (χ1v) is 6.33. The largest absolute Gasteiger partial charge is 0.416 e. The van der Waals surface area contributed by atoms with Crippen molar-refractivity contribution in [1.29, 1.82) is 0 Å². The molecule has 1 aliphatic rings. The molecule has 0 amide bonds. The minimum Gasteiger partial charge on any atom is -0.384 e. The Bertz CT molecular complexity index is 474. The van der Waals surface area contributed by atoms with E-state index in [0.717, 1.165) is 30.3 Å². The Labute approximate surface area is 113 Å². The predicted octanol–water partition coefficient (Wildman–Crippen LogP) is 3.59. The second kappa shape index (κ2) is 4.71. The monoisotopic (exact) mass is 274 g/mol. The van der Waals surface area contributed by atoms with Crippen molar-refractivity contribution in [3.8, 4) is 0 Å². The van der Waals surface area contributed by atoms with E-state index in [2.05, 4.69) is 10.2 Å². The highest BCUT2D eigenvalue weighted by Gasteiger charge is 2.38. The van der Waals surface area contributed by atoms with Crippen molar-refractivity contribution >= 4 is 5.69 Å². The summed E-state index contributed by atoms with van der Waals surface area (Å²) in [5.74, 6) is 0.